The predicted molar refractivity (Wildman–Crippen MR) is 118 cm³/mol. The second-order valence-corrected chi connectivity index (χ2v) is 7.91. The van der Waals surface area contributed by atoms with E-state index in [1.807, 2.05) is 30.3 Å². The molecule has 2 aromatic carbocycles. The van der Waals surface area contributed by atoms with Gasteiger partial charge in [-0.15, -0.1) is 0 Å². The van der Waals surface area contributed by atoms with E-state index in [-0.39, 0.29) is 17.5 Å². The molecule has 0 unspecified atom stereocenters. The van der Waals surface area contributed by atoms with Crippen molar-refractivity contribution >= 4 is 23.3 Å². The highest BCUT2D eigenvalue weighted by atomic mass is 16.2. The molecular weight excluding hydrogens is 364 g/mol. The highest BCUT2D eigenvalue weighted by Gasteiger charge is 2.36. The first kappa shape index (κ1) is 20.9. The average Bonchev–Trinajstić information content (AvgIpc) is 3.22. The molecule has 2 aromatic rings. The monoisotopic (exact) mass is 394 g/mol. The molecule has 3 rings (SSSR count). The first-order valence-corrected chi connectivity index (χ1v) is 10.1. The molecule has 0 aromatic heterocycles. The fourth-order valence-electron chi connectivity index (χ4n) is 3.93. The molecule has 154 valence electrons. The van der Waals surface area contributed by atoms with Crippen molar-refractivity contribution in [2.75, 3.05) is 37.9 Å². The molecular formula is C23H30N4O2. The van der Waals surface area contributed by atoms with Crippen LogP contribution in [0.3, 0.4) is 0 Å². The average molecular weight is 395 g/mol. The van der Waals surface area contributed by atoms with Gasteiger partial charge in [0.15, 0.2) is 0 Å². The van der Waals surface area contributed by atoms with Crippen LogP contribution in [0.5, 0.6) is 0 Å². The van der Waals surface area contributed by atoms with Crippen molar-refractivity contribution in [2.24, 2.45) is 0 Å². The van der Waals surface area contributed by atoms with Gasteiger partial charge >= 0.3 is 6.03 Å². The van der Waals surface area contributed by atoms with Crippen LogP contribution >= 0.6 is 0 Å². The number of benzene rings is 2. The van der Waals surface area contributed by atoms with Gasteiger partial charge in [-0.2, -0.15) is 0 Å². The van der Waals surface area contributed by atoms with Crippen LogP contribution in [0.1, 0.15) is 36.0 Å². The Morgan fingerprint density at radius 3 is 2.31 bits per heavy atom. The first-order valence-electron chi connectivity index (χ1n) is 10.1. The van der Waals surface area contributed by atoms with E-state index in [9.17, 15) is 9.59 Å². The van der Waals surface area contributed by atoms with E-state index in [4.69, 9.17) is 0 Å². The Balaban J connectivity index is 1.62. The topological polar surface area (TPSA) is 64.7 Å². The minimum absolute atomic E-state index is 0.0353. The minimum Gasteiger partial charge on any atom is -0.336 e. The number of nitrogens with zero attached hydrogens (tertiary/aromatic N) is 2. The van der Waals surface area contributed by atoms with E-state index in [1.165, 1.54) is 12.8 Å². The number of anilines is 2. The van der Waals surface area contributed by atoms with Gasteiger partial charge < -0.3 is 20.4 Å². The van der Waals surface area contributed by atoms with Gasteiger partial charge in [-0.3, -0.25) is 4.79 Å². The normalized spacial score (nSPS) is 15.2. The number of carbonyl (C=O) groups is 2. The summed E-state index contributed by atoms with van der Waals surface area (Å²) in [7, 11) is 5.89. The molecule has 0 saturated heterocycles. The van der Waals surface area contributed by atoms with Crippen molar-refractivity contribution in [1.82, 2.24) is 10.2 Å². The summed E-state index contributed by atoms with van der Waals surface area (Å²) in [5.74, 6) is -0.127. The molecule has 1 fully saturated rings. The van der Waals surface area contributed by atoms with E-state index in [1.54, 1.807) is 36.2 Å². The number of urea groups is 1. The maximum atomic E-state index is 12.8. The van der Waals surface area contributed by atoms with Gasteiger partial charge in [0.25, 0.3) is 5.91 Å². The number of rotatable bonds is 6. The zero-order valence-electron chi connectivity index (χ0n) is 17.4. The van der Waals surface area contributed by atoms with Crippen LogP contribution in [0, 0.1) is 0 Å². The summed E-state index contributed by atoms with van der Waals surface area (Å²) in [6, 6.07) is 16.3. The summed E-state index contributed by atoms with van der Waals surface area (Å²) in [4.78, 5) is 29.0. The summed E-state index contributed by atoms with van der Waals surface area (Å²) in [5, 5.41) is 5.86. The van der Waals surface area contributed by atoms with Crippen molar-refractivity contribution < 1.29 is 9.59 Å². The lowest BCUT2D eigenvalue weighted by Gasteiger charge is -2.36. The maximum absolute atomic E-state index is 12.8. The molecule has 0 atom stereocenters. The third-order valence-electron chi connectivity index (χ3n) is 5.88. The Hall–Kier alpha value is -2.86. The number of carbonyl (C=O) groups excluding carboxylic acids is 2. The van der Waals surface area contributed by atoms with Crippen LogP contribution in [-0.2, 0) is 0 Å². The summed E-state index contributed by atoms with van der Waals surface area (Å²) in [6.45, 7) is 0.612. The van der Waals surface area contributed by atoms with Gasteiger partial charge in [0.2, 0.25) is 0 Å². The number of hydrogen-bond acceptors (Lipinski definition) is 3. The van der Waals surface area contributed by atoms with Gasteiger partial charge in [-0.1, -0.05) is 37.1 Å². The van der Waals surface area contributed by atoms with Crippen LogP contribution in [0.15, 0.2) is 54.6 Å². The summed E-state index contributed by atoms with van der Waals surface area (Å²) in [5.41, 5.74) is 1.97. The number of likely N-dealkylation sites (N-methyl/N-ethyl adjacent to an activating group) is 1. The minimum atomic E-state index is -0.251. The molecule has 6 heteroatoms. The van der Waals surface area contributed by atoms with E-state index < -0.39 is 0 Å². The third-order valence-corrected chi connectivity index (χ3v) is 5.88. The molecule has 0 radical (unpaired) electrons. The molecule has 6 nitrogen and oxygen atoms in total. The molecule has 0 spiro atoms. The second kappa shape index (κ2) is 9.09. The highest BCUT2D eigenvalue weighted by molar-refractivity contribution is 6.06. The Labute approximate surface area is 172 Å². The van der Waals surface area contributed by atoms with E-state index in [0.29, 0.717) is 17.8 Å². The van der Waals surface area contributed by atoms with Gasteiger partial charge in [-0.05, 0) is 57.3 Å². The second-order valence-electron chi connectivity index (χ2n) is 7.91. The number of nitrogens with one attached hydrogen (secondary N) is 2. The largest absolute Gasteiger partial charge is 0.336 e. The van der Waals surface area contributed by atoms with Crippen LogP contribution in [0.2, 0.25) is 0 Å². The van der Waals surface area contributed by atoms with Crippen LogP contribution in [-0.4, -0.2) is 50.1 Å². The Bertz CT molecular complexity index is 845. The number of hydrogen-bond donors (Lipinski definition) is 2. The Morgan fingerprint density at radius 2 is 1.66 bits per heavy atom. The van der Waals surface area contributed by atoms with Crippen molar-refractivity contribution in [2.45, 2.75) is 31.2 Å². The third kappa shape index (κ3) is 4.95. The van der Waals surface area contributed by atoms with Gasteiger partial charge in [0, 0.05) is 36.1 Å². The molecule has 1 saturated carbocycles. The number of amides is 3. The predicted octanol–water partition coefficient (Wildman–Crippen LogP) is 3.96. The van der Waals surface area contributed by atoms with Crippen LogP contribution in [0.4, 0.5) is 16.2 Å². The van der Waals surface area contributed by atoms with Gasteiger partial charge in [-0.25, -0.2) is 4.79 Å². The molecule has 3 amide bonds. The lowest BCUT2D eigenvalue weighted by atomic mass is 9.96. The standard InChI is InChI=1S/C23H30N4O2/c1-26(2)23(14-7-8-15-23)17-24-22(29)25-19-11-9-10-18(16-19)21(28)27(3)20-12-5-4-6-13-20/h4-6,9-13,16H,7-8,14-15,17H2,1-3H3,(H2,24,25,29). The summed E-state index contributed by atoms with van der Waals surface area (Å²) >= 11 is 0. The molecule has 0 aliphatic heterocycles. The maximum Gasteiger partial charge on any atom is 0.319 e. The van der Waals surface area contributed by atoms with Crippen molar-refractivity contribution in [3.63, 3.8) is 0 Å². The highest BCUT2D eigenvalue weighted by Crippen LogP contribution is 2.33. The summed E-state index contributed by atoms with van der Waals surface area (Å²) in [6.07, 6.45) is 4.58. The Kier molecular flexibility index (Phi) is 6.54. The number of para-hydroxylation sites is 1. The molecule has 29 heavy (non-hydrogen) atoms. The first-order chi connectivity index (χ1) is 13.9. The zero-order chi connectivity index (χ0) is 20.9. The SMILES string of the molecule is CN(C(=O)c1cccc(NC(=O)NCC2(N(C)C)CCCC2)c1)c1ccccc1. The lowest BCUT2D eigenvalue weighted by Crippen LogP contribution is -2.51. The molecule has 0 heterocycles. The summed E-state index contributed by atoms with van der Waals surface area (Å²) < 4.78 is 0. The molecule has 0 bridgehead atoms. The van der Waals surface area contributed by atoms with E-state index in [0.717, 1.165) is 18.5 Å². The fourth-order valence-corrected chi connectivity index (χ4v) is 3.93. The van der Waals surface area contributed by atoms with Crippen LogP contribution < -0.4 is 15.5 Å². The Morgan fingerprint density at radius 1 is 0.966 bits per heavy atom. The smallest absolute Gasteiger partial charge is 0.319 e. The molecule has 1 aliphatic carbocycles. The van der Waals surface area contributed by atoms with E-state index >= 15 is 0 Å². The van der Waals surface area contributed by atoms with Crippen LogP contribution in [0.25, 0.3) is 0 Å². The quantitative estimate of drug-likeness (QED) is 0.779. The fraction of sp³-hybridized carbons (Fsp3) is 0.391. The van der Waals surface area contributed by atoms with Crippen molar-refractivity contribution in [3.8, 4) is 0 Å². The zero-order valence-corrected chi connectivity index (χ0v) is 17.4. The lowest BCUT2D eigenvalue weighted by molar-refractivity contribution is 0.0993. The van der Waals surface area contributed by atoms with Crippen molar-refractivity contribution in [1.29, 1.82) is 0 Å². The molecule has 1 aliphatic rings. The van der Waals surface area contributed by atoms with Gasteiger partial charge in [0.1, 0.15) is 0 Å². The molecule has 2 N–H and O–H groups in total. The van der Waals surface area contributed by atoms with E-state index in [2.05, 4.69) is 29.6 Å². The van der Waals surface area contributed by atoms with Crippen molar-refractivity contribution in [3.05, 3.63) is 60.2 Å². The van der Waals surface area contributed by atoms with Gasteiger partial charge in [0.05, 0.1) is 0 Å².